The third-order valence-electron chi connectivity index (χ3n) is 12.6. The molecule has 0 aliphatic carbocycles. The number of halogens is 3. The minimum Gasteiger partial charge on any atom is -0.493 e. The molecular formula is C53H56F3N7O7S2. The van der Waals surface area contributed by atoms with Crippen LogP contribution in [0.15, 0.2) is 96.5 Å². The molecule has 1 aromatic heterocycles. The number of alkyl halides is 3. The van der Waals surface area contributed by atoms with Crippen molar-refractivity contribution in [2.45, 2.75) is 104 Å². The first-order valence-corrected chi connectivity index (χ1v) is 24.6. The average molecular weight is 1020 g/mol. The summed E-state index contributed by atoms with van der Waals surface area (Å²) < 4.78 is 53.0. The lowest BCUT2D eigenvalue weighted by atomic mass is 9.85. The molecule has 0 radical (unpaired) electrons. The number of carbonyl (C=O) groups is 4. The van der Waals surface area contributed by atoms with Gasteiger partial charge in [0.1, 0.15) is 29.1 Å². The number of hydrogen-bond donors (Lipinski definition) is 3. The van der Waals surface area contributed by atoms with Gasteiger partial charge in [0, 0.05) is 38.0 Å². The molecule has 2 saturated heterocycles. The summed E-state index contributed by atoms with van der Waals surface area (Å²) in [4.78, 5) is 63.9. The van der Waals surface area contributed by atoms with Crippen LogP contribution in [-0.4, -0.2) is 87.2 Å². The van der Waals surface area contributed by atoms with E-state index in [0.717, 1.165) is 44.3 Å². The Hall–Kier alpha value is -6.88. The van der Waals surface area contributed by atoms with Crippen LogP contribution >= 0.6 is 23.6 Å². The van der Waals surface area contributed by atoms with Crippen LogP contribution in [0.2, 0.25) is 0 Å². The first-order chi connectivity index (χ1) is 34.1. The Morgan fingerprint density at radius 1 is 0.944 bits per heavy atom. The van der Waals surface area contributed by atoms with Crippen LogP contribution in [0.5, 0.6) is 11.5 Å². The first kappa shape index (κ1) is 52.9. The van der Waals surface area contributed by atoms with E-state index in [-0.39, 0.29) is 48.5 Å². The fraction of sp³-hybridized carbons (Fsp3) is 0.377. The Kier molecular flexibility index (Phi) is 16.1. The second-order valence-corrected chi connectivity index (χ2v) is 20.5. The van der Waals surface area contributed by atoms with E-state index in [2.05, 4.69) is 15.6 Å². The van der Waals surface area contributed by atoms with Crippen molar-refractivity contribution in [2.75, 3.05) is 29.6 Å². The summed E-state index contributed by atoms with van der Waals surface area (Å²) in [5.74, 6) is -0.500. The highest BCUT2D eigenvalue weighted by Gasteiger charge is 2.51. The number of nitrogens with zero attached hydrogens (tertiary/aromatic N) is 5. The van der Waals surface area contributed by atoms with E-state index in [0.29, 0.717) is 43.2 Å². The second-order valence-electron chi connectivity index (χ2n) is 19.3. The van der Waals surface area contributed by atoms with Gasteiger partial charge in [-0.1, -0.05) is 57.2 Å². The fourth-order valence-corrected chi connectivity index (χ4v) is 9.95. The van der Waals surface area contributed by atoms with Crippen molar-refractivity contribution in [3.63, 3.8) is 0 Å². The second kappa shape index (κ2) is 21.9. The summed E-state index contributed by atoms with van der Waals surface area (Å²) in [6, 6.07) is 24.8. The van der Waals surface area contributed by atoms with Crippen LogP contribution in [-0.2, 0) is 38.3 Å². The molecule has 7 rings (SSSR count). The number of rotatable bonds is 17. The molecule has 72 heavy (non-hydrogen) atoms. The van der Waals surface area contributed by atoms with Crippen LogP contribution in [0.3, 0.4) is 0 Å². The molecule has 0 spiro atoms. The molecule has 0 bridgehead atoms. The topological polar surface area (TPSA) is 177 Å². The van der Waals surface area contributed by atoms with E-state index in [1.54, 1.807) is 65.9 Å². The van der Waals surface area contributed by atoms with Crippen LogP contribution < -0.4 is 29.9 Å². The van der Waals surface area contributed by atoms with Crippen molar-refractivity contribution in [1.29, 1.82) is 5.26 Å². The van der Waals surface area contributed by atoms with E-state index >= 15 is 0 Å². The molecule has 14 nitrogen and oxygen atoms in total. The van der Waals surface area contributed by atoms with Gasteiger partial charge in [0.05, 0.1) is 58.3 Å². The average Bonchev–Trinajstić information content (AvgIpc) is 4.01. The molecule has 4 aromatic carbocycles. The van der Waals surface area contributed by atoms with Crippen molar-refractivity contribution in [3.05, 3.63) is 124 Å². The van der Waals surface area contributed by atoms with Gasteiger partial charge in [0.25, 0.3) is 5.91 Å². The van der Waals surface area contributed by atoms with Gasteiger partial charge in [-0.25, -0.2) is 4.98 Å². The van der Waals surface area contributed by atoms with E-state index in [9.17, 15) is 42.7 Å². The summed E-state index contributed by atoms with van der Waals surface area (Å²) in [7, 11) is 0. The zero-order valence-electron chi connectivity index (χ0n) is 40.7. The van der Waals surface area contributed by atoms with Gasteiger partial charge in [-0.3, -0.25) is 24.1 Å². The summed E-state index contributed by atoms with van der Waals surface area (Å²) in [6.45, 7) is 11.6. The molecule has 3 heterocycles. The summed E-state index contributed by atoms with van der Waals surface area (Å²) >= 11 is 7.20. The quantitative estimate of drug-likeness (QED) is 0.0601. The van der Waals surface area contributed by atoms with Gasteiger partial charge in [-0.2, -0.15) is 18.4 Å². The molecular weight excluding hydrogens is 968 g/mol. The number of nitriles is 1. The van der Waals surface area contributed by atoms with Crippen molar-refractivity contribution in [3.8, 4) is 28.0 Å². The Morgan fingerprint density at radius 2 is 1.56 bits per heavy atom. The molecule has 2 fully saturated rings. The van der Waals surface area contributed by atoms with Gasteiger partial charge in [0.2, 0.25) is 17.7 Å². The maximum Gasteiger partial charge on any atom is 0.417 e. The fourth-order valence-electron chi connectivity index (χ4n) is 8.61. The maximum absolute atomic E-state index is 14.1. The number of thiocarbonyl (C=S) groups is 1. The van der Waals surface area contributed by atoms with Crippen molar-refractivity contribution in [1.82, 2.24) is 20.5 Å². The number of benzene rings is 4. The minimum absolute atomic E-state index is 0.0128. The number of ether oxygens (including phenoxy) is 2. The normalized spacial score (nSPS) is 17.2. The molecule has 4 amide bonds. The molecule has 1 unspecified atom stereocenters. The zero-order chi connectivity index (χ0) is 52.1. The lowest BCUT2D eigenvalue weighted by Gasteiger charge is -2.35. The van der Waals surface area contributed by atoms with Crippen molar-refractivity contribution < 1.29 is 46.9 Å². The number of hydrogen-bond acceptors (Lipinski definition) is 11. The smallest absolute Gasteiger partial charge is 0.417 e. The molecule has 5 aromatic rings. The first-order valence-electron chi connectivity index (χ1n) is 23.4. The lowest BCUT2D eigenvalue weighted by Crippen LogP contribution is -2.57. The number of likely N-dealkylation sites (tertiary alicyclic amines) is 1. The Morgan fingerprint density at radius 3 is 2.14 bits per heavy atom. The minimum atomic E-state index is -4.81. The van der Waals surface area contributed by atoms with Gasteiger partial charge < -0.3 is 35.0 Å². The molecule has 0 saturated carbocycles. The third-order valence-corrected chi connectivity index (χ3v) is 13.9. The number of aliphatic hydroxyl groups is 1. The van der Waals surface area contributed by atoms with E-state index in [1.165, 1.54) is 11.0 Å². The van der Waals surface area contributed by atoms with Gasteiger partial charge in [0.15, 0.2) is 5.11 Å². The summed E-state index contributed by atoms with van der Waals surface area (Å²) in [6.07, 6.45) is -4.56. The van der Waals surface area contributed by atoms with Crippen LogP contribution in [0.1, 0.15) is 81.8 Å². The highest BCUT2D eigenvalue weighted by molar-refractivity contribution is 7.81. The Labute approximate surface area is 425 Å². The Balaban J connectivity index is 0.845. The number of aromatic nitrogens is 1. The van der Waals surface area contributed by atoms with Crippen LogP contribution in [0.4, 0.5) is 24.5 Å². The van der Waals surface area contributed by atoms with Crippen LogP contribution in [0, 0.1) is 23.7 Å². The molecule has 2 aliphatic heterocycles. The predicted octanol–water partition coefficient (Wildman–Crippen LogP) is 8.52. The molecule has 3 atom stereocenters. The lowest BCUT2D eigenvalue weighted by molar-refractivity contribution is -0.144. The molecule has 3 N–H and O–H groups in total. The van der Waals surface area contributed by atoms with E-state index in [1.807, 2.05) is 76.2 Å². The highest BCUT2D eigenvalue weighted by Crippen LogP contribution is 2.40. The zero-order valence-corrected chi connectivity index (χ0v) is 42.3. The molecule has 378 valence electrons. The number of thiazole rings is 1. The summed E-state index contributed by atoms with van der Waals surface area (Å²) in [5, 5.41) is 25.7. The van der Waals surface area contributed by atoms with Gasteiger partial charge in [-0.15, -0.1) is 11.3 Å². The predicted molar refractivity (Wildman–Crippen MR) is 271 cm³/mol. The van der Waals surface area contributed by atoms with Gasteiger partial charge in [-0.05, 0) is 116 Å². The summed E-state index contributed by atoms with van der Waals surface area (Å²) in [5.41, 5.74) is 2.34. The number of amides is 4. The number of aliphatic hydroxyl groups excluding tert-OH is 1. The number of nitrogens with one attached hydrogen (secondary N) is 2. The van der Waals surface area contributed by atoms with E-state index < -0.39 is 58.3 Å². The number of β-amino-alcohol motifs (C(OH)–C–C–N with tert-alkyl or cyclic N) is 1. The van der Waals surface area contributed by atoms with Crippen molar-refractivity contribution >= 4 is 63.7 Å². The van der Waals surface area contributed by atoms with Crippen molar-refractivity contribution in [2.24, 2.45) is 5.41 Å². The number of carbonyl (C=O) groups excluding carboxylic acids is 4. The van der Waals surface area contributed by atoms with Gasteiger partial charge >= 0.3 is 6.18 Å². The number of anilines is 2. The number of aryl methyl sites for hydroxylation is 2. The monoisotopic (exact) mass is 1020 g/mol. The van der Waals surface area contributed by atoms with Crippen LogP contribution in [0.25, 0.3) is 10.4 Å². The largest absolute Gasteiger partial charge is 0.493 e. The Bertz CT molecular complexity index is 2840. The molecule has 2 aliphatic rings. The maximum atomic E-state index is 14.1. The molecule has 19 heteroatoms. The SMILES string of the molecule is Cc1ncsc1-c1ccc(CNC(=O)[C@@H]2C[C@@H](O)CN2C(=O)C(NC(=O)CCc2ccc(OCCCOc3ccc(N4C(=S)N(c5ccc(C#N)c(C(F)(F)F)c5)C(=O)C4(C)C)cc3)cc2)C(C)(C)C)cc1. The third kappa shape index (κ3) is 12.1. The highest BCUT2D eigenvalue weighted by atomic mass is 32.1. The van der Waals surface area contributed by atoms with E-state index in [4.69, 9.17) is 21.7 Å². The standard InChI is InChI=1S/C53H56F3N7O7S2/c1-32-45(72-31-59-32)35-13-8-34(9-14-35)29-58-47(66)43-27-39(64)30-61(43)48(67)46(51(2,3)4)60-44(65)23-12-33-10-19-40(20-11-33)69-24-7-25-70-41-21-17-37(18-22-41)63-50(71)62(49(68)52(63,5)6)38-16-15-36(28-57)42(26-38)53(54,55)56/h8-11,13-22,26,31,39,43,46,64H,7,12,23-25,27,29-30H2,1-6H3,(H,58,66)(H,60,65)/t39-,43+,46?/m1/s1.